The molecule has 4 nitrogen and oxygen atoms in total. The number of aryl methyl sites for hydroxylation is 2. The molecule has 1 aromatic carbocycles. The van der Waals surface area contributed by atoms with E-state index >= 15 is 0 Å². The zero-order valence-electron chi connectivity index (χ0n) is 11.0. The molecule has 2 rings (SSSR count). The van der Waals surface area contributed by atoms with Crippen LogP contribution in [0.4, 0.5) is 5.69 Å². The van der Waals surface area contributed by atoms with Gasteiger partial charge in [0.25, 0.3) is 5.91 Å². The summed E-state index contributed by atoms with van der Waals surface area (Å²) in [5, 5.41) is 0.208. The van der Waals surface area contributed by atoms with E-state index < -0.39 is 0 Å². The highest BCUT2D eigenvalue weighted by atomic mass is 35.5. The summed E-state index contributed by atoms with van der Waals surface area (Å²) in [4.78, 5) is 21.7. The van der Waals surface area contributed by atoms with Gasteiger partial charge in [0.05, 0.1) is 12.4 Å². The summed E-state index contributed by atoms with van der Waals surface area (Å²) in [5.41, 5.74) is 3.26. The number of anilines is 1. The standard InChI is InChI=1S/C14H14ClN3O/c1-9-4-10(2)6-11(5-9)18(3)14(19)12-7-16-8-13(15)17-12/h4-8H,1-3H3. The van der Waals surface area contributed by atoms with Crippen LogP contribution in [0.25, 0.3) is 0 Å². The van der Waals surface area contributed by atoms with E-state index in [4.69, 9.17) is 11.6 Å². The number of carbonyl (C=O) groups excluding carboxylic acids is 1. The predicted octanol–water partition coefficient (Wildman–Crippen LogP) is 3.02. The minimum absolute atomic E-state index is 0.208. The lowest BCUT2D eigenvalue weighted by Gasteiger charge is -2.18. The summed E-state index contributed by atoms with van der Waals surface area (Å²) in [6.07, 6.45) is 2.81. The Bertz CT molecular complexity index is 608. The maximum Gasteiger partial charge on any atom is 0.278 e. The lowest BCUT2D eigenvalue weighted by Crippen LogP contribution is -2.27. The van der Waals surface area contributed by atoms with Crippen LogP contribution in [-0.2, 0) is 0 Å². The molecule has 0 N–H and O–H groups in total. The van der Waals surface area contributed by atoms with Gasteiger partial charge >= 0.3 is 0 Å². The van der Waals surface area contributed by atoms with E-state index in [9.17, 15) is 4.79 Å². The summed E-state index contributed by atoms with van der Waals surface area (Å²) in [6.45, 7) is 3.99. The van der Waals surface area contributed by atoms with Gasteiger partial charge in [-0.1, -0.05) is 17.7 Å². The molecule has 0 unspecified atom stereocenters. The fourth-order valence-electron chi connectivity index (χ4n) is 1.88. The molecule has 0 aliphatic heterocycles. The Morgan fingerprint density at radius 3 is 2.37 bits per heavy atom. The van der Waals surface area contributed by atoms with Crippen LogP contribution < -0.4 is 4.90 Å². The average Bonchev–Trinajstić information content (AvgIpc) is 2.36. The molecule has 0 radical (unpaired) electrons. The number of rotatable bonds is 2. The molecular formula is C14H14ClN3O. The molecule has 5 heteroatoms. The second-order valence-electron chi connectivity index (χ2n) is 4.44. The van der Waals surface area contributed by atoms with Crippen molar-refractivity contribution in [2.24, 2.45) is 0 Å². The van der Waals surface area contributed by atoms with Crippen molar-refractivity contribution < 1.29 is 4.79 Å². The van der Waals surface area contributed by atoms with Crippen molar-refractivity contribution in [2.75, 3.05) is 11.9 Å². The largest absolute Gasteiger partial charge is 0.310 e. The number of carbonyl (C=O) groups is 1. The molecule has 0 aliphatic carbocycles. The molecule has 1 aromatic heterocycles. The lowest BCUT2D eigenvalue weighted by molar-refractivity contribution is 0.0988. The van der Waals surface area contributed by atoms with Crippen LogP contribution in [-0.4, -0.2) is 22.9 Å². The van der Waals surface area contributed by atoms with Gasteiger partial charge in [0.1, 0.15) is 10.8 Å². The Labute approximate surface area is 117 Å². The van der Waals surface area contributed by atoms with Gasteiger partial charge in [0.15, 0.2) is 0 Å². The smallest absolute Gasteiger partial charge is 0.278 e. The molecule has 0 fully saturated rings. The summed E-state index contributed by atoms with van der Waals surface area (Å²) in [6, 6.07) is 5.95. The fourth-order valence-corrected chi connectivity index (χ4v) is 2.03. The zero-order chi connectivity index (χ0) is 14.0. The number of halogens is 1. The van der Waals surface area contributed by atoms with Crippen molar-refractivity contribution in [3.05, 3.63) is 52.6 Å². The molecule has 19 heavy (non-hydrogen) atoms. The van der Waals surface area contributed by atoms with Crippen molar-refractivity contribution in [3.63, 3.8) is 0 Å². The molecule has 0 saturated carbocycles. The van der Waals surface area contributed by atoms with Crippen LogP contribution in [0, 0.1) is 13.8 Å². The first-order valence-corrected chi connectivity index (χ1v) is 6.19. The Hall–Kier alpha value is -1.94. The van der Waals surface area contributed by atoms with Crippen LogP contribution >= 0.6 is 11.6 Å². The number of benzene rings is 1. The minimum atomic E-state index is -0.236. The van der Waals surface area contributed by atoms with Gasteiger partial charge in [-0.3, -0.25) is 9.78 Å². The maximum absolute atomic E-state index is 12.3. The zero-order valence-corrected chi connectivity index (χ0v) is 11.8. The minimum Gasteiger partial charge on any atom is -0.310 e. The normalized spacial score (nSPS) is 10.3. The summed E-state index contributed by atoms with van der Waals surface area (Å²) >= 11 is 5.75. The molecule has 0 spiro atoms. The third-order valence-electron chi connectivity index (χ3n) is 2.72. The van der Waals surface area contributed by atoms with Crippen LogP contribution in [0.5, 0.6) is 0 Å². The van der Waals surface area contributed by atoms with Gasteiger partial charge in [-0.05, 0) is 37.1 Å². The Morgan fingerprint density at radius 2 is 1.79 bits per heavy atom. The highest BCUT2D eigenvalue weighted by Gasteiger charge is 2.16. The highest BCUT2D eigenvalue weighted by molar-refractivity contribution is 6.29. The Morgan fingerprint density at radius 1 is 1.16 bits per heavy atom. The van der Waals surface area contributed by atoms with E-state index in [1.165, 1.54) is 12.4 Å². The van der Waals surface area contributed by atoms with Crippen LogP contribution in [0.3, 0.4) is 0 Å². The van der Waals surface area contributed by atoms with E-state index in [0.29, 0.717) is 0 Å². The van der Waals surface area contributed by atoms with Gasteiger partial charge in [0, 0.05) is 12.7 Å². The molecule has 98 valence electrons. The number of nitrogens with zero attached hydrogens (tertiary/aromatic N) is 3. The van der Waals surface area contributed by atoms with Crippen molar-refractivity contribution in [1.82, 2.24) is 9.97 Å². The molecule has 0 atom stereocenters. The summed E-state index contributed by atoms with van der Waals surface area (Å²) in [7, 11) is 1.71. The van der Waals surface area contributed by atoms with Gasteiger partial charge in [-0.2, -0.15) is 0 Å². The summed E-state index contributed by atoms with van der Waals surface area (Å²) in [5.74, 6) is -0.236. The molecule has 2 aromatic rings. The topological polar surface area (TPSA) is 46.1 Å². The van der Waals surface area contributed by atoms with E-state index in [0.717, 1.165) is 16.8 Å². The number of aromatic nitrogens is 2. The van der Waals surface area contributed by atoms with Crippen LogP contribution in [0.1, 0.15) is 21.6 Å². The van der Waals surface area contributed by atoms with E-state index in [-0.39, 0.29) is 16.8 Å². The molecule has 0 bridgehead atoms. The van der Waals surface area contributed by atoms with Gasteiger partial charge < -0.3 is 4.90 Å². The number of amides is 1. The third-order valence-corrected chi connectivity index (χ3v) is 2.90. The van der Waals surface area contributed by atoms with Crippen molar-refractivity contribution in [1.29, 1.82) is 0 Å². The lowest BCUT2D eigenvalue weighted by atomic mass is 10.1. The van der Waals surface area contributed by atoms with Crippen molar-refractivity contribution in [2.45, 2.75) is 13.8 Å². The summed E-state index contributed by atoms with van der Waals surface area (Å²) < 4.78 is 0. The monoisotopic (exact) mass is 275 g/mol. The van der Waals surface area contributed by atoms with Crippen molar-refractivity contribution in [3.8, 4) is 0 Å². The number of hydrogen-bond donors (Lipinski definition) is 0. The van der Waals surface area contributed by atoms with Crippen LogP contribution in [0.2, 0.25) is 5.15 Å². The first-order valence-electron chi connectivity index (χ1n) is 5.81. The maximum atomic E-state index is 12.3. The van der Waals surface area contributed by atoms with E-state index in [1.807, 2.05) is 26.0 Å². The molecular weight excluding hydrogens is 262 g/mol. The van der Waals surface area contributed by atoms with Crippen LogP contribution in [0.15, 0.2) is 30.6 Å². The Balaban J connectivity index is 2.33. The second kappa shape index (κ2) is 5.36. The van der Waals surface area contributed by atoms with Crippen molar-refractivity contribution >= 4 is 23.2 Å². The molecule has 0 saturated heterocycles. The predicted molar refractivity (Wildman–Crippen MR) is 75.7 cm³/mol. The van der Waals surface area contributed by atoms with Gasteiger partial charge in [0.2, 0.25) is 0 Å². The SMILES string of the molecule is Cc1cc(C)cc(N(C)C(=O)c2cncc(Cl)n2)c1. The second-order valence-corrected chi connectivity index (χ2v) is 4.82. The first-order chi connectivity index (χ1) is 8.97. The van der Waals surface area contributed by atoms with E-state index in [1.54, 1.807) is 11.9 Å². The molecule has 0 aliphatic rings. The highest BCUT2D eigenvalue weighted by Crippen LogP contribution is 2.19. The molecule has 1 heterocycles. The number of hydrogen-bond acceptors (Lipinski definition) is 3. The fraction of sp³-hybridized carbons (Fsp3) is 0.214. The molecule has 1 amide bonds. The van der Waals surface area contributed by atoms with Gasteiger partial charge in [-0.25, -0.2) is 4.98 Å². The van der Waals surface area contributed by atoms with Gasteiger partial charge in [-0.15, -0.1) is 0 Å². The third kappa shape index (κ3) is 3.09. The Kier molecular flexibility index (Phi) is 3.81. The van der Waals surface area contributed by atoms with E-state index in [2.05, 4.69) is 16.0 Å². The average molecular weight is 276 g/mol. The quantitative estimate of drug-likeness (QED) is 0.846. The first kappa shape index (κ1) is 13.5.